The second-order valence-electron chi connectivity index (χ2n) is 3.29. The molecule has 0 N–H and O–H groups in total. The van der Waals surface area contributed by atoms with E-state index in [2.05, 4.69) is 13.8 Å². The van der Waals surface area contributed by atoms with Gasteiger partial charge in [-0.3, -0.25) is 4.79 Å². The Hall–Kier alpha value is 0.110. The first-order valence-corrected chi connectivity index (χ1v) is 5.51. The van der Waals surface area contributed by atoms with E-state index in [1.165, 1.54) is 0 Å². The molecular formula is C8H14ClNOS. The minimum absolute atomic E-state index is 0.304. The summed E-state index contributed by atoms with van der Waals surface area (Å²) in [5, 5.41) is 0.926. The third kappa shape index (κ3) is 2.87. The van der Waals surface area contributed by atoms with Crippen LogP contribution in [0.3, 0.4) is 0 Å². The Labute approximate surface area is 82.6 Å². The van der Waals surface area contributed by atoms with Gasteiger partial charge in [0.1, 0.15) is 0 Å². The highest BCUT2D eigenvalue weighted by Gasteiger charge is 2.25. The van der Waals surface area contributed by atoms with Crippen molar-refractivity contribution in [2.75, 3.05) is 13.1 Å². The van der Waals surface area contributed by atoms with Crippen molar-refractivity contribution in [3.8, 4) is 0 Å². The molecule has 12 heavy (non-hydrogen) atoms. The number of thioether (sulfide) groups is 1. The van der Waals surface area contributed by atoms with E-state index < -0.39 is 0 Å². The molecule has 2 nitrogen and oxygen atoms in total. The molecule has 1 heterocycles. The predicted molar refractivity (Wildman–Crippen MR) is 54.0 cm³/mol. The number of nitrogens with zero attached hydrogens (tertiary/aromatic N) is 1. The second kappa shape index (κ2) is 4.38. The Kier molecular flexibility index (Phi) is 3.72. The van der Waals surface area contributed by atoms with Crippen LogP contribution in [0.1, 0.15) is 20.3 Å². The van der Waals surface area contributed by atoms with Crippen LogP contribution >= 0.6 is 23.4 Å². The van der Waals surface area contributed by atoms with Crippen LogP contribution in [-0.2, 0) is 0 Å². The summed E-state index contributed by atoms with van der Waals surface area (Å²) >= 11 is 7.29. The molecule has 0 aliphatic carbocycles. The van der Waals surface area contributed by atoms with Gasteiger partial charge < -0.3 is 4.90 Å². The van der Waals surface area contributed by atoms with Gasteiger partial charge in [-0.05, 0) is 23.3 Å². The van der Waals surface area contributed by atoms with Gasteiger partial charge in [0.05, 0.1) is 0 Å². The normalized spacial score (nSPS) is 23.7. The first kappa shape index (κ1) is 10.2. The molecule has 0 bridgehead atoms. The molecule has 1 unspecified atom stereocenters. The number of halogens is 1. The van der Waals surface area contributed by atoms with Crippen LogP contribution < -0.4 is 0 Å². The van der Waals surface area contributed by atoms with Crippen LogP contribution in [0, 0.1) is 0 Å². The van der Waals surface area contributed by atoms with Crippen molar-refractivity contribution in [3.05, 3.63) is 0 Å². The second-order valence-corrected chi connectivity index (χ2v) is 5.50. The number of rotatable bonds is 2. The fourth-order valence-electron chi connectivity index (χ4n) is 1.38. The number of amides is 1. The quantitative estimate of drug-likeness (QED) is 0.513. The monoisotopic (exact) mass is 207 g/mol. The molecule has 0 radical (unpaired) electrons. The first-order valence-electron chi connectivity index (χ1n) is 4.19. The lowest BCUT2D eigenvalue weighted by Crippen LogP contribution is -2.23. The highest BCUT2D eigenvalue weighted by Crippen LogP contribution is 2.26. The lowest BCUT2D eigenvalue weighted by atomic mass is 10.4. The summed E-state index contributed by atoms with van der Waals surface area (Å²) in [5.74, 6) is 0. The molecule has 1 fully saturated rings. The highest BCUT2D eigenvalue weighted by molar-refractivity contribution is 8.00. The topological polar surface area (TPSA) is 20.3 Å². The van der Waals surface area contributed by atoms with Gasteiger partial charge in [-0.25, -0.2) is 0 Å². The van der Waals surface area contributed by atoms with Gasteiger partial charge in [-0.15, -0.1) is 0 Å². The van der Waals surface area contributed by atoms with Gasteiger partial charge in [0.15, 0.2) is 0 Å². The van der Waals surface area contributed by atoms with Crippen molar-refractivity contribution in [1.82, 2.24) is 4.90 Å². The van der Waals surface area contributed by atoms with Crippen molar-refractivity contribution in [1.29, 1.82) is 0 Å². The van der Waals surface area contributed by atoms with E-state index in [1.54, 1.807) is 4.90 Å². The maximum absolute atomic E-state index is 10.8. The first-order chi connectivity index (χ1) is 5.59. The Morgan fingerprint density at radius 1 is 1.67 bits per heavy atom. The third-order valence-corrected chi connectivity index (χ3v) is 3.41. The molecule has 0 aromatic carbocycles. The van der Waals surface area contributed by atoms with Gasteiger partial charge in [0.25, 0.3) is 0 Å². The zero-order chi connectivity index (χ0) is 9.14. The van der Waals surface area contributed by atoms with Gasteiger partial charge >= 0.3 is 5.37 Å². The van der Waals surface area contributed by atoms with Crippen molar-refractivity contribution >= 4 is 28.7 Å². The van der Waals surface area contributed by atoms with Crippen molar-refractivity contribution in [2.24, 2.45) is 0 Å². The molecule has 70 valence electrons. The molecule has 1 saturated heterocycles. The summed E-state index contributed by atoms with van der Waals surface area (Å²) in [4.78, 5) is 12.5. The molecular weight excluding hydrogens is 194 g/mol. The van der Waals surface area contributed by atoms with Crippen LogP contribution in [-0.4, -0.2) is 33.9 Å². The number of carbonyl (C=O) groups is 1. The maximum Gasteiger partial charge on any atom is 0.316 e. The fraction of sp³-hybridized carbons (Fsp3) is 0.875. The van der Waals surface area contributed by atoms with Gasteiger partial charge in [0, 0.05) is 18.3 Å². The van der Waals surface area contributed by atoms with E-state index in [0.717, 1.165) is 19.5 Å². The highest BCUT2D eigenvalue weighted by atomic mass is 35.5. The van der Waals surface area contributed by atoms with Gasteiger partial charge in [0.2, 0.25) is 0 Å². The molecule has 1 aliphatic rings. The Bertz CT molecular complexity index is 174. The molecule has 0 saturated carbocycles. The summed E-state index contributed by atoms with van der Waals surface area (Å²) < 4.78 is 0. The molecule has 0 aromatic heterocycles. The van der Waals surface area contributed by atoms with E-state index in [9.17, 15) is 4.79 Å². The smallest absolute Gasteiger partial charge is 0.316 e. The number of carbonyl (C=O) groups excluding carboxylic acids is 1. The van der Waals surface area contributed by atoms with Crippen LogP contribution in [0.15, 0.2) is 0 Å². The summed E-state index contributed by atoms with van der Waals surface area (Å²) in [6.07, 6.45) is 1.08. The minimum atomic E-state index is -0.304. The Morgan fingerprint density at radius 3 is 2.75 bits per heavy atom. The van der Waals surface area contributed by atoms with E-state index in [0.29, 0.717) is 10.5 Å². The fourth-order valence-corrected chi connectivity index (χ4v) is 2.81. The van der Waals surface area contributed by atoms with Gasteiger partial charge in [-0.2, -0.15) is 11.8 Å². The Balaban J connectivity index is 2.30. The lowest BCUT2D eigenvalue weighted by molar-refractivity contribution is 0.232. The third-order valence-electron chi connectivity index (χ3n) is 1.86. The average Bonchev–Trinajstić information content (AvgIpc) is 2.34. The zero-order valence-corrected chi connectivity index (χ0v) is 8.99. The number of hydrogen-bond donors (Lipinski definition) is 0. The van der Waals surface area contributed by atoms with E-state index in [-0.39, 0.29) is 5.37 Å². The maximum atomic E-state index is 10.8. The van der Waals surface area contributed by atoms with Crippen LogP contribution in [0.2, 0.25) is 0 Å². The number of likely N-dealkylation sites (tertiary alicyclic amines) is 1. The Morgan fingerprint density at radius 2 is 2.33 bits per heavy atom. The van der Waals surface area contributed by atoms with Crippen LogP contribution in [0.4, 0.5) is 4.79 Å². The molecule has 1 aliphatic heterocycles. The predicted octanol–water partition coefficient (Wildman–Crippen LogP) is 2.56. The summed E-state index contributed by atoms with van der Waals surface area (Å²) in [5.41, 5.74) is 0. The average molecular weight is 208 g/mol. The van der Waals surface area contributed by atoms with E-state index in [4.69, 9.17) is 11.6 Å². The van der Waals surface area contributed by atoms with E-state index in [1.807, 2.05) is 11.8 Å². The molecule has 0 spiro atoms. The standard InChI is InChI=1S/C8H14ClNOS/c1-6(2)12-7-3-4-10(5-7)8(9)11/h6-7H,3-5H2,1-2H3. The summed E-state index contributed by atoms with van der Waals surface area (Å²) in [6, 6.07) is 0. The summed E-state index contributed by atoms with van der Waals surface area (Å²) in [7, 11) is 0. The van der Waals surface area contributed by atoms with Gasteiger partial charge in [-0.1, -0.05) is 13.8 Å². The minimum Gasteiger partial charge on any atom is -0.328 e. The molecule has 4 heteroatoms. The van der Waals surface area contributed by atoms with Crippen molar-refractivity contribution < 1.29 is 4.79 Å². The SMILES string of the molecule is CC(C)SC1CCN(C(=O)Cl)C1. The van der Waals surface area contributed by atoms with Crippen LogP contribution in [0.5, 0.6) is 0 Å². The molecule has 1 rings (SSSR count). The van der Waals surface area contributed by atoms with Crippen molar-refractivity contribution in [3.63, 3.8) is 0 Å². The number of hydrogen-bond acceptors (Lipinski definition) is 2. The zero-order valence-electron chi connectivity index (χ0n) is 7.42. The lowest BCUT2D eigenvalue weighted by Gasteiger charge is -2.13. The van der Waals surface area contributed by atoms with Crippen molar-refractivity contribution in [2.45, 2.75) is 30.8 Å². The van der Waals surface area contributed by atoms with E-state index >= 15 is 0 Å². The molecule has 0 aromatic rings. The largest absolute Gasteiger partial charge is 0.328 e. The summed E-state index contributed by atoms with van der Waals surface area (Å²) in [6.45, 7) is 6.00. The molecule has 1 atom stereocenters. The molecule has 1 amide bonds. The van der Waals surface area contributed by atoms with Crippen LogP contribution in [0.25, 0.3) is 0 Å².